The third-order valence-corrected chi connectivity index (χ3v) is 2.37. The number of carbonyl (C=O) groups is 1. The third-order valence-electron chi connectivity index (χ3n) is 1.98. The number of hydrogen-bond donors (Lipinski definition) is 1. The van der Waals surface area contributed by atoms with Gasteiger partial charge in [-0.15, -0.1) is 0 Å². The highest BCUT2D eigenvalue weighted by molar-refractivity contribution is 7.32. The van der Waals surface area contributed by atoms with Gasteiger partial charge in [-0.05, 0) is 5.92 Å². The van der Waals surface area contributed by atoms with Crippen LogP contribution in [0.25, 0.3) is 0 Å². The van der Waals surface area contributed by atoms with Gasteiger partial charge in [-0.3, -0.25) is 9.36 Å². The van der Waals surface area contributed by atoms with E-state index in [0.717, 1.165) is 19.3 Å². The number of rotatable bonds is 8. The van der Waals surface area contributed by atoms with E-state index in [1.54, 1.807) is 0 Å². The minimum Gasteiger partial charge on any atom is -0.326 e. The third kappa shape index (κ3) is 8.42. The van der Waals surface area contributed by atoms with Crippen molar-refractivity contribution in [1.29, 1.82) is 0 Å². The van der Waals surface area contributed by atoms with Crippen molar-refractivity contribution in [2.75, 3.05) is 6.61 Å². The van der Waals surface area contributed by atoms with Gasteiger partial charge in [0.25, 0.3) is 0 Å². The highest BCUT2D eigenvalue weighted by Gasteiger charge is 2.09. The summed E-state index contributed by atoms with van der Waals surface area (Å²) < 4.78 is 14.5. The predicted octanol–water partition coefficient (Wildman–Crippen LogP) is 2.17. The van der Waals surface area contributed by atoms with E-state index in [9.17, 15) is 9.36 Å². The fourth-order valence-electron chi connectivity index (χ4n) is 1.24. The largest absolute Gasteiger partial charge is 0.326 e. The van der Waals surface area contributed by atoms with Gasteiger partial charge in [-0.25, -0.2) is 0 Å². The molecule has 0 aromatic heterocycles. The van der Waals surface area contributed by atoms with Gasteiger partial charge in [0.1, 0.15) is 6.61 Å². The molecule has 0 amide bonds. The molecule has 0 aliphatic carbocycles. The smallest absolute Gasteiger partial charge is 0.317 e. The van der Waals surface area contributed by atoms with Crippen LogP contribution in [0.15, 0.2) is 0 Å². The molecule has 0 aliphatic heterocycles. The number of carbonyl (C=O) groups excluding carboxylic acids is 1. The van der Waals surface area contributed by atoms with Crippen molar-refractivity contribution in [2.45, 2.75) is 39.5 Å². The topological polar surface area (TPSA) is 63.6 Å². The van der Waals surface area contributed by atoms with Crippen molar-refractivity contribution in [1.82, 2.24) is 0 Å². The van der Waals surface area contributed by atoms with Gasteiger partial charge in [0.05, 0.1) is 0 Å². The second-order valence-corrected chi connectivity index (χ2v) is 4.37. The van der Waals surface area contributed by atoms with Crippen molar-refractivity contribution >= 4 is 14.0 Å². The monoisotopic (exact) mass is 222 g/mol. The van der Waals surface area contributed by atoms with E-state index in [1.807, 2.05) is 6.92 Å². The molecule has 1 N–H and O–H groups in total. The van der Waals surface area contributed by atoms with Gasteiger partial charge < -0.3 is 9.42 Å². The lowest BCUT2D eigenvalue weighted by Gasteiger charge is -2.08. The van der Waals surface area contributed by atoms with E-state index < -0.39 is 8.25 Å². The van der Waals surface area contributed by atoms with E-state index in [4.69, 9.17) is 4.89 Å². The highest BCUT2D eigenvalue weighted by Crippen LogP contribution is 2.16. The first kappa shape index (κ1) is 13.8. The molecule has 0 spiro atoms. The molecule has 0 bridgehead atoms. The van der Waals surface area contributed by atoms with Gasteiger partial charge in [-0.1, -0.05) is 33.1 Å². The normalized spacial score (nSPS) is 15.1. The highest BCUT2D eigenvalue weighted by atomic mass is 31.1. The van der Waals surface area contributed by atoms with Gasteiger partial charge >= 0.3 is 8.25 Å². The zero-order chi connectivity index (χ0) is 11.0. The maximum atomic E-state index is 11.2. The van der Waals surface area contributed by atoms with Gasteiger partial charge in [-0.2, -0.15) is 0 Å². The van der Waals surface area contributed by atoms with Crippen LogP contribution < -0.4 is 0 Å². The standard InChI is InChI=1S/C9H19O4P/c1-3-4-5-8(2)6-9(10)7-13-14(11)12/h8,14H,3-7H2,1-2H3,(H,11,12)/t8-/m0/s1. The fraction of sp³-hybridized carbons (Fsp3) is 0.889. The summed E-state index contributed by atoms with van der Waals surface area (Å²) in [6.07, 6.45) is 3.71. The van der Waals surface area contributed by atoms with Crippen LogP contribution in [0.1, 0.15) is 39.5 Å². The maximum absolute atomic E-state index is 11.2. The Kier molecular flexibility index (Phi) is 8.05. The summed E-state index contributed by atoms with van der Waals surface area (Å²) in [5, 5.41) is 0. The molecular weight excluding hydrogens is 203 g/mol. The van der Waals surface area contributed by atoms with Gasteiger partial charge in [0.15, 0.2) is 5.78 Å². The fourth-order valence-corrected chi connectivity index (χ4v) is 1.53. The Morgan fingerprint density at radius 3 is 2.71 bits per heavy atom. The van der Waals surface area contributed by atoms with Crippen LogP contribution in [0.2, 0.25) is 0 Å². The average Bonchev–Trinajstić information content (AvgIpc) is 2.11. The second kappa shape index (κ2) is 8.16. The number of ketones is 1. The molecule has 0 heterocycles. The Balaban J connectivity index is 3.55. The first-order chi connectivity index (χ1) is 6.56. The summed E-state index contributed by atoms with van der Waals surface area (Å²) in [6.45, 7) is 3.88. The lowest BCUT2D eigenvalue weighted by atomic mass is 9.99. The van der Waals surface area contributed by atoms with E-state index in [1.165, 1.54) is 0 Å². The molecule has 1 unspecified atom stereocenters. The van der Waals surface area contributed by atoms with Crippen LogP contribution in [0, 0.1) is 5.92 Å². The zero-order valence-electron chi connectivity index (χ0n) is 8.78. The molecule has 2 atom stereocenters. The SMILES string of the molecule is CCCC[C@H](C)CC(=O)CO[PH](=O)O. The molecule has 0 saturated heterocycles. The number of hydrogen-bond acceptors (Lipinski definition) is 3. The Morgan fingerprint density at radius 2 is 2.21 bits per heavy atom. The van der Waals surface area contributed by atoms with Crippen LogP contribution in [-0.2, 0) is 13.9 Å². The molecule has 0 fully saturated rings. The summed E-state index contributed by atoms with van der Waals surface area (Å²) in [5.74, 6) is 0.244. The lowest BCUT2D eigenvalue weighted by molar-refractivity contribution is -0.121. The number of unbranched alkanes of at least 4 members (excludes halogenated alkanes) is 1. The molecule has 0 aromatic rings. The molecule has 14 heavy (non-hydrogen) atoms. The average molecular weight is 222 g/mol. The zero-order valence-corrected chi connectivity index (χ0v) is 9.78. The van der Waals surface area contributed by atoms with Crippen molar-refractivity contribution in [3.8, 4) is 0 Å². The molecule has 0 saturated carbocycles. The van der Waals surface area contributed by atoms with E-state index >= 15 is 0 Å². The first-order valence-corrected chi connectivity index (χ1v) is 6.20. The first-order valence-electron chi connectivity index (χ1n) is 4.93. The van der Waals surface area contributed by atoms with E-state index in [-0.39, 0.29) is 12.4 Å². The van der Waals surface area contributed by atoms with Gasteiger partial charge in [0.2, 0.25) is 0 Å². The molecule has 84 valence electrons. The van der Waals surface area contributed by atoms with Crippen molar-refractivity contribution in [3.05, 3.63) is 0 Å². The summed E-state index contributed by atoms with van der Waals surface area (Å²) in [4.78, 5) is 19.5. The maximum Gasteiger partial charge on any atom is 0.317 e. The Hall–Kier alpha value is -0.180. The van der Waals surface area contributed by atoms with Crippen molar-refractivity contribution < 1.29 is 18.8 Å². The molecule has 0 rings (SSSR count). The summed E-state index contributed by atoms with van der Waals surface area (Å²) in [5.41, 5.74) is 0. The summed E-state index contributed by atoms with van der Waals surface area (Å²) in [7, 11) is -2.95. The second-order valence-electron chi connectivity index (χ2n) is 3.54. The summed E-state index contributed by atoms with van der Waals surface area (Å²) >= 11 is 0. The molecule has 4 nitrogen and oxygen atoms in total. The van der Waals surface area contributed by atoms with Gasteiger partial charge in [0, 0.05) is 6.42 Å². The summed E-state index contributed by atoms with van der Waals surface area (Å²) in [6, 6.07) is 0. The molecular formula is C9H19O4P. The predicted molar refractivity (Wildman–Crippen MR) is 55.5 cm³/mol. The Labute approximate surface area is 85.6 Å². The van der Waals surface area contributed by atoms with Crippen LogP contribution in [0.4, 0.5) is 0 Å². The minimum absolute atomic E-state index is 0.0963. The van der Waals surface area contributed by atoms with Crippen molar-refractivity contribution in [3.63, 3.8) is 0 Å². The molecule has 0 radical (unpaired) electrons. The van der Waals surface area contributed by atoms with Crippen LogP contribution in [-0.4, -0.2) is 17.3 Å². The van der Waals surface area contributed by atoms with Crippen LogP contribution in [0.5, 0.6) is 0 Å². The minimum atomic E-state index is -2.95. The molecule has 0 aromatic carbocycles. The van der Waals surface area contributed by atoms with E-state index in [2.05, 4.69) is 11.4 Å². The molecule has 5 heteroatoms. The lowest BCUT2D eigenvalue weighted by Crippen LogP contribution is -2.10. The quantitative estimate of drug-likeness (QED) is 0.639. The Morgan fingerprint density at radius 1 is 1.57 bits per heavy atom. The number of Topliss-reactive ketones (excluding diaryl/α,β-unsaturated/α-hetero) is 1. The molecule has 0 aliphatic rings. The van der Waals surface area contributed by atoms with Crippen LogP contribution in [0.3, 0.4) is 0 Å². The van der Waals surface area contributed by atoms with E-state index in [0.29, 0.717) is 12.3 Å². The Bertz CT molecular complexity index is 193. The van der Waals surface area contributed by atoms with Crippen molar-refractivity contribution in [2.24, 2.45) is 5.92 Å². The van der Waals surface area contributed by atoms with Crippen LogP contribution >= 0.6 is 8.25 Å².